The van der Waals surface area contributed by atoms with Crippen LogP contribution in [0.2, 0.25) is 0 Å². The molecule has 0 spiro atoms. The number of ether oxygens (including phenoxy) is 1. The van der Waals surface area contributed by atoms with Crippen molar-refractivity contribution < 1.29 is 14.3 Å². The van der Waals surface area contributed by atoms with Crippen LogP contribution in [-0.4, -0.2) is 23.6 Å². The van der Waals surface area contributed by atoms with Gasteiger partial charge in [0.1, 0.15) is 5.60 Å². The van der Waals surface area contributed by atoms with E-state index >= 15 is 0 Å². The Morgan fingerprint density at radius 2 is 2.00 bits per heavy atom. The van der Waals surface area contributed by atoms with Crippen molar-refractivity contribution >= 4 is 12.0 Å². The summed E-state index contributed by atoms with van der Waals surface area (Å²) in [7, 11) is 0. The lowest BCUT2D eigenvalue weighted by Gasteiger charge is -2.20. The van der Waals surface area contributed by atoms with Gasteiger partial charge < -0.3 is 10.1 Å². The summed E-state index contributed by atoms with van der Waals surface area (Å²) < 4.78 is 4.90. The highest BCUT2D eigenvalue weighted by Crippen LogP contribution is 2.06. The molecule has 15 heavy (non-hydrogen) atoms. The van der Waals surface area contributed by atoms with Gasteiger partial charge in [-0.1, -0.05) is 0 Å². The van der Waals surface area contributed by atoms with Crippen LogP contribution < -0.4 is 5.32 Å². The summed E-state index contributed by atoms with van der Waals surface area (Å²) in [6.45, 7) is 6.51. The third kappa shape index (κ3) is 6.34. The van der Waals surface area contributed by atoms with Crippen LogP contribution in [0, 0.1) is 0 Å². The molecule has 1 unspecified atom stereocenters. The molecule has 0 rings (SSSR count). The molecular weight excluding hydrogens is 200 g/mol. The van der Waals surface area contributed by atoms with Crippen LogP contribution >= 0.6 is 0 Å². The number of rotatable bonds is 2. The molecule has 7 nitrogen and oxygen atoms in total. The number of amides is 2. The normalized spacial score (nSPS) is 12.3. The minimum absolute atomic E-state index is 0.634. The van der Waals surface area contributed by atoms with Gasteiger partial charge in [0.2, 0.25) is 5.91 Å². The Labute approximate surface area is 87.4 Å². The van der Waals surface area contributed by atoms with E-state index in [0.29, 0.717) is 0 Å². The Hall–Kier alpha value is -1.75. The van der Waals surface area contributed by atoms with Crippen molar-refractivity contribution in [3.63, 3.8) is 0 Å². The topological polar surface area (TPSA) is 104 Å². The highest BCUT2D eigenvalue weighted by molar-refractivity contribution is 5.85. The molecule has 0 aromatic rings. The van der Waals surface area contributed by atoms with Crippen molar-refractivity contribution in [2.75, 3.05) is 0 Å². The Bertz CT molecular complexity index is 301. The van der Waals surface area contributed by atoms with Crippen molar-refractivity contribution in [2.45, 2.75) is 39.3 Å². The van der Waals surface area contributed by atoms with Crippen LogP contribution in [0.3, 0.4) is 0 Å². The van der Waals surface area contributed by atoms with Gasteiger partial charge in [0.15, 0.2) is 0 Å². The van der Waals surface area contributed by atoms with Gasteiger partial charge in [0.05, 0.1) is 6.04 Å². The van der Waals surface area contributed by atoms with E-state index in [1.807, 2.05) is 0 Å². The Kier molecular flexibility index (Phi) is 4.60. The SMILES string of the molecule is CC(NC(=O)OC(C)(C)C)C(=O)N=[N+]=[N-]. The monoisotopic (exact) mass is 214 g/mol. The van der Waals surface area contributed by atoms with E-state index in [9.17, 15) is 9.59 Å². The second kappa shape index (κ2) is 5.21. The maximum Gasteiger partial charge on any atom is 0.408 e. The highest BCUT2D eigenvalue weighted by atomic mass is 16.6. The standard InChI is InChI=1S/C8H14N4O3/c1-5(6(13)11-12-9)10-7(14)15-8(2,3)4/h5H,1-4H3,(H,10,14). The zero-order chi connectivity index (χ0) is 12.1. The third-order valence-electron chi connectivity index (χ3n) is 1.25. The predicted molar refractivity (Wildman–Crippen MR) is 53.0 cm³/mol. The first kappa shape index (κ1) is 13.2. The molecule has 0 saturated carbocycles. The number of hydrogen-bond donors (Lipinski definition) is 1. The van der Waals surface area contributed by atoms with E-state index in [2.05, 4.69) is 15.3 Å². The number of azide groups is 1. The molecule has 0 saturated heterocycles. The van der Waals surface area contributed by atoms with E-state index in [1.54, 1.807) is 20.8 Å². The number of carbonyl (C=O) groups excluding carboxylic acids is 2. The number of nitrogens with one attached hydrogen (secondary N) is 1. The van der Waals surface area contributed by atoms with Gasteiger partial charge in [-0.2, -0.15) is 0 Å². The predicted octanol–water partition coefficient (Wildman–Crippen LogP) is 1.74. The third-order valence-corrected chi connectivity index (χ3v) is 1.25. The fraction of sp³-hybridized carbons (Fsp3) is 0.750. The summed E-state index contributed by atoms with van der Waals surface area (Å²) in [6, 6.07) is -0.893. The van der Waals surface area contributed by atoms with Gasteiger partial charge in [-0.05, 0) is 38.3 Å². The summed E-state index contributed by atoms with van der Waals surface area (Å²) >= 11 is 0. The maximum atomic E-state index is 11.2. The van der Waals surface area contributed by atoms with Gasteiger partial charge in [0, 0.05) is 4.91 Å². The Morgan fingerprint density at radius 3 is 2.40 bits per heavy atom. The summed E-state index contributed by atoms with van der Waals surface area (Å²) in [5.41, 5.74) is 7.37. The van der Waals surface area contributed by atoms with Gasteiger partial charge >= 0.3 is 6.09 Å². The van der Waals surface area contributed by atoms with Crippen LogP contribution in [0.5, 0.6) is 0 Å². The molecule has 0 aliphatic rings. The molecule has 0 bridgehead atoms. The highest BCUT2D eigenvalue weighted by Gasteiger charge is 2.20. The number of alkyl carbamates (subject to hydrolysis) is 1. The zero-order valence-corrected chi connectivity index (χ0v) is 9.14. The molecule has 0 aromatic carbocycles. The lowest BCUT2D eigenvalue weighted by Crippen LogP contribution is -2.41. The summed E-state index contributed by atoms with van der Waals surface area (Å²) in [5.74, 6) is -0.761. The average molecular weight is 214 g/mol. The molecule has 2 amide bonds. The summed E-state index contributed by atoms with van der Waals surface area (Å²) in [5, 5.41) is 5.09. The summed E-state index contributed by atoms with van der Waals surface area (Å²) in [6.07, 6.45) is -0.725. The Balaban J connectivity index is 4.19. The fourth-order valence-electron chi connectivity index (χ4n) is 0.677. The van der Waals surface area contributed by atoms with E-state index < -0.39 is 23.6 Å². The van der Waals surface area contributed by atoms with Crippen LogP contribution in [0.1, 0.15) is 27.7 Å². The fourth-order valence-corrected chi connectivity index (χ4v) is 0.677. The van der Waals surface area contributed by atoms with Crippen molar-refractivity contribution in [3.8, 4) is 0 Å². The van der Waals surface area contributed by atoms with Crippen LogP contribution in [0.25, 0.3) is 10.4 Å². The van der Waals surface area contributed by atoms with Crippen molar-refractivity contribution in [1.29, 1.82) is 0 Å². The minimum atomic E-state index is -0.893. The van der Waals surface area contributed by atoms with Crippen LogP contribution in [0.4, 0.5) is 4.79 Å². The van der Waals surface area contributed by atoms with Crippen LogP contribution in [-0.2, 0) is 9.53 Å². The molecule has 0 aliphatic carbocycles. The molecule has 1 N–H and O–H groups in total. The first-order valence-corrected chi connectivity index (χ1v) is 4.34. The van der Waals surface area contributed by atoms with E-state index in [1.165, 1.54) is 6.92 Å². The second-order valence-electron chi connectivity index (χ2n) is 3.90. The van der Waals surface area contributed by atoms with Crippen molar-refractivity contribution in [3.05, 3.63) is 10.4 Å². The second-order valence-corrected chi connectivity index (χ2v) is 3.90. The van der Waals surface area contributed by atoms with Gasteiger partial charge in [-0.15, -0.1) is 0 Å². The molecule has 0 aromatic heterocycles. The average Bonchev–Trinajstić information content (AvgIpc) is 2.00. The molecule has 1 atom stereocenters. The van der Waals surface area contributed by atoms with E-state index in [0.717, 1.165) is 0 Å². The largest absolute Gasteiger partial charge is 0.444 e. The molecular formula is C8H14N4O3. The van der Waals surface area contributed by atoms with Crippen molar-refractivity contribution in [1.82, 2.24) is 5.32 Å². The number of carbonyl (C=O) groups is 2. The number of hydrogen-bond acceptors (Lipinski definition) is 3. The van der Waals surface area contributed by atoms with Gasteiger partial charge in [0.25, 0.3) is 0 Å². The van der Waals surface area contributed by atoms with Crippen LogP contribution in [0.15, 0.2) is 5.11 Å². The smallest absolute Gasteiger partial charge is 0.408 e. The van der Waals surface area contributed by atoms with Gasteiger partial charge in [-0.3, -0.25) is 4.79 Å². The number of nitrogens with zero attached hydrogens (tertiary/aromatic N) is 3. The molecule has 0 heterocycles. The summed E-state index contributed by atoms with van der Waals surface area (Å²) in [4.78, 5) is 24.4. The van der Waals surface area contributed by atoms with E-state index in [4.69, 9.17) is 10.3 Å². The molecule has 0 fully saturated rings. The first-order valence-electron chi connectivity index (χ1n) is 4.34. The molecule has 84 valence electrons. The Morgan fingerprint density at radius 1 is 1.47 bits per heavy atom. The minimum Gasteiger partial charge on any atom is -0.444 e. The zero-order valence-electron chi connectivity index (χ0n) is 9.14. The maximum absolute atomic E-state index is 11.2. The van der Waals surface area contributed by atoms with Gasteiger partial charge in [-0.25, -0.2) is 4.79 Å². The lowest BCUT2D eigenvalue weighted by atomic mass is 10.2. The molecule has 0 aliphatic heterocycles. The quantitative estimate of drug-likeness (QED) is 0.430. The van der Waals surface area contributed by atoms with E-state index in [-0.39, 0.29) is 0 Å². The molecule has 0 radical (unpaired) electrons. The molecule has 7 heteroatoms. The van der Waals surface area contributed by atoms with Crippen molar-refractivity contribution in [2.24, 2.45) is 5.11 Å². The first-order chi connectivity index (χ1) is 6.76. The lowest BCUT2D eigenvalue weighted by molar-refractivity contribution is -0.119.